The summed E-state index contributed by atoms with van der Waals surface area (Å²) < 4.78 is 0. The number of likely N-dealkylation sites (tertiary alicyclic amines) is 3. The minimum atomic E-state index is 0.0291. The Bertz CT molecular complexity index is 1210. The van der Waals surface area contributed by atoms with Gasteiger partial charge in [0.25, 0.3) is 5.91 Å². The number of carbonyl (C=O) groups excluding carboxylic acids is 2. The van der Waals surface area contributed by atoms with Crippen LogP contribution >= 0.6 is 11.6 Å². The number of carbonyl (C=O) groups is 2. The number of aromatic amines is 1. The van der Waals surface area contributed by atoms with Crippen LogP contribution in [0, 0.1) is 11.8 Å². The van der Waals surface area contributed by atoms with Gasteiger partial charge in [0.05, 0.1) is 0 Å². The summed E-state index contributed by atoms with van der Waals surface area (Å²) in [6, 6.07) is 13.7. The highest BCUT2D eigenvalue weighted by molar-refractivity contribution is 6.30. The molecule has 8 nitrogen and oxygen atoms in total. The zero-order chi connectivity index (χ0) is 23.2. The van der Waals surface area contributed by atoms with Crippen LogP contribution in [0.15, 0.2) is 42.5 Å². The topological polar surface area (TPSA) is 85.4 Å². The Morgan fingerprint density at radius 1 is 0.824 bits per heavy atom. The number of hydrogen-bond acceptors (Lipinski definition) is 4. The first-order valence-electron chi connectivity index (χ1n) is 11.9. The molecule has 3 amide bonds. The first-order chi connectivity index (χ1) is 16.5. The molecule has 1 N–H and O–H groups in total. The van der Waals surface area contributed by atoms with E-state index in [0.29, 0.717) is 41.9 Å². The van der Waals surface area contributed by atoms with E-state index in [4.69, 9.17) is 11.6 Å². The number of rotatable bonds is 2. The van der Waals surface area contributed by atoms with Crippen LogP contribution in [0.1, 0.15) is 34.7 Å². The Kier molecular flexibility index (Phi) is 5.40. The second-order valence-electron chi connectivity index (χ2n) is 9.76. The first-order valence-corrected chi connectivity index (χ1v) is 12.3. The third kappa shape index (κ3) is 3.90. The SMILES string of the molecule is O=C(c1ccc2n[nH]nc2c1)N1C[C@H]2CN(C(=O)N3CCC(c4ccc(Cl)cc4)CC3)C[C@@H]2C1. The molecule has 0 saturated carbocycles. The number of nitrogens with one attached hydrogen (secondary N) is 1. The maximum Gasteiger partial charge on any atom is 0.320 e. The summed E-state index contributed by atoms with van der Waals surface area (Å²) in [5, 5.41) is 11.5. The van der Waals surface area contributed by atoms with Crippen LogP contribution in [-0.2, 0) is 0 Å². The minimum absolute atomic E-state index is 0.0291. The fourth-order valence-corrected chi connectivity index (χ4v) is 5.94. The molecule has 3 fully saturated rings. The molecule has 3 saturated heterocycles. The van der Waals surface area contributed by atoms with Crippen molar-refractivity contribution in [1.29, 1.82) is 0 Å². The predicted octanol–water partition coefficient (Wildman–Crippen LogP) is 3.61. The van der Waals surface area contributed by atoms with Crippen molar-refractivity contribution in [3.63, 3.8) is 0 Å². The molecule has 3 aliphatic rings. The Morgan fingerprint density at radius 3 is 2.18 bits per heavy atom. The van der Waals surface area contributed by atoms with Crippen molar-refractivity contribution in [3.05, 3.63) is 58.6 Å². The number of halogens is 1. The standard InChI is InChI=1S/C25H27ClN6O2/c26-21-4-1-16(2-5-21)17-7-9-30(10-8-17)25(34)32-14-19-12-31(13-20(19)15-32)24(33)18-3-6-22-23(11-18)28-29-27-22/h1-6,11,17,19-20H,7-10,12-15H2,(H,27,28,29)/t19-,20-/m0/s1. The van der Waals surface area contributed by atoms with E-state index in [-0.39, 0.29) is 11.9 Å². The van der Waals surface area contributed by atoms with Gasteiger partial charge in [-0.2, -0.15) is 15.4 Å². The van der Waals surface area contributed by atoms with Gasteiger partial charge in [-0.3, -0.25) is 4.79 Å². The van der Waals surface area contributed by atoms with Crippen LogP contribution in [0.4, 0.5) is 4.79 Å². The Labute approximate surface area is 202 Å². The van der Waals surface area contributed by atoms with Crippen molar-refractivity contribution in [2.75, 3.05) is 39.3 Å². The summed E-state index contributed by atoms with van der Waals surface area (Å²) in [6.45, 7) is 4.42. The Hall–Kier alpha value is -3.13. The van der Waals surface area contributed by atoms with Crippen molar-refractivity contribution in [2.24, 2.45) is 11.8 Å². The van der Waals surface area contributed by atoms with Crippen molar-refractivity contribution in [1.82, 2.24) is 30.1 Å². The molecule has 0 bridgehead atoms. The van der Waals surface area contributed by atoms with Gasteiger partial charge in [-0.1, -0.05) is 23.7 Å². The minimum Gasteiger partial charge on any atom is -0.338 e. The maximum atomic E-state index is 13.2. The zero-order valence-corrected chi connectivity index (χ0v) is 19.6. The molecule has 1 aromatic heterocycles. The highest BCUT2D eigenvalue weighted by Gasteiger charge is 2.44. The van der Waals surface area contributed by atoms with Crippen LogP contribution in [0.25, 0.3) is 11.0 Å². The van der Waals surface area contributed by atoms with Crippen molar-refractivity contribution < 1.29 is 9.59 Å². The number of aromatic nitrogens is 3. The molecular formula is C25H27ClN6O2. The predicted molar refractivity (Wildman–Crippen MR) is 129 cm³/mol. The average molecular weight is 479 g/mol. The molecule has 2 atom stereocenters. The number of nitrogens with zero attached hydrogens (tertiary/aromatic N) is 5. The highest BCUT2D eigenvalue weighted by atomic mass is 35.5. The van der Waals surface area contributed by atoms with E-state index < -0.39 is 0 Å². The summed E-state index contributed by atoms with van der Waals surface area (Å²) in [5.41, 5.74) is 3.39. The van der Waals surface area contributed by atoms with E-state index in [1.165, 1.54) is 5.56 Å². The van der Waals surface area contributed by atoms with Gasteiger partial charge in [0, 0.05) is 61.7 Å². The Balaban J connectivity index is 1.03. The number of amides is 3. The lowest BCUT2D eigenvalue weighted by molar-refractivity contribution is 0.0774. The van der Waals surface area contributed by atoms with Gasteiger partial charge < -0.3 is 14.7 Å². The van der Waals surface area contributed by atoms with Crippen molar-refractivity contribution >= 4 is 34.6 Å². The van der Waals surface area contributed by atoms with Crippen molar-refractivity contribution in [3.8, 4) is 0 Å². The van der Waals surface area contributed by atoms with Crippen LogP contribution in [0.3, 0.4) is 0 Å². The average Bonchev–Trinajstić information content (AvgIpc) is 3.58. The summed E-state index contributed by atoms with van der Waals surface area (Å²) in [4.78, 5) is 32.2. The van der Waals surface area contributed by atoms with E-state index >= 15 is 0 Å². The summed E-state index contributed by atoms with van der Waals surface area (Å²) in [7, 11) is 0. The van der Waals surface area contributed by atoms with E-state index in [2.05, 4.69) is 27.5 Å². The fraction of sp³-hybridized carbons (Fsp3) is 0.440. The van der Waals surface area contributed by atoms with Gasteiger partial charge in [-0.25, -0.2) is 4.79 Å². The van der Waals surface area contributed by atoms with Gasteiger partial charge in [-0.05, 0) is 54.7 Å². The fourth-order valence-electron chi connectivity index (χ4n) is 5.81. The van der Waals surface area contributed by atoms with Gasteiger partial charge in [0.1, 0.15) is 11.0 Å². The van der Waals surface area contributed by atoms with E-state index in [1.54, 1.807) is 6.07 Å². The van der Waals surface area contributed by atoms with Crippen LogP contribution in [-0.4, -0.2) is 81.3 Å². The second-order valence-corrected chi connectivity index (χ2v) is 10.2. The van der Waals surface area contributed by atoms with Gasteiger partial charge in [0.2, 0.25) is 0 Å². The summed E-state index contributed by atoms with van der Waals surface area (Å²) in [6.07, 6.45) is 1.96. The molecule has 176 valence electrons. The normalized spacial score (nSPS) is 23.0. The number of H-pyrrole nitrogens is 1. The molecule has 0 unspecified atom stereocenters. The number of hydrogen-bond donors (Lipinski definition) is 1. The number of benzene rings is 2. The molecule has 0 aliphatic carbocycles. The monoisotopic (exact) mass is 478 g/mol. The highest BCUT2D eigenvalue weighted by Crippen LogP contribution is 2.34. The molecular weight excluding hydrogens is 452 g/mol. The van der Waals surface area contributed by atoms with Crippen LogP contribution < -0.4 is 0 Å². The largest absolute Gasteiger partial charge is 0.338 e. The lowest BCUT2D eigenvalue weighted by Gasteiger charge is -2.35. The van der Waals surface area contributed by atoms with Gasteiger partial charge in [-0.15, -0.1) is 0 Å². The zero-order valence-electron chi connectivity index (χ0n) is 18.9. The molecule has 0 radical (unpaired) electrons. The van der Waals surface area contributed by atoms with E-state index in [9.17, 15) is 9.59 Å². The molecule has 4 heterocycles. The maximum absolute atomic E-state index is 13.2. The second kappa shape index (κ2) is 8.58. The third-order valence-corrected chi connectivity index (χ3v) is 7.97. The number of piperidine rings is 1. The number of fused-ring (bicyclic) bond motifs is 2. The number of urea groups is 1. The lowest BCUT2D eigenvalue weighted by atomic mass is 9.89. The summed E-state index contributed by atoms with van der Waals surface area (Å²) >= 11 is 6.02. The lowest BCUT2D eigenvalue weighted by Crippen LogP contribution is -2.46. The van der Waals surface area contributed by atoms with Crippen LogP contribution in [0.2, 0.25) is 5.02 Å². The molecule has 0 spiro atoms. The molecule has 34 heavy (non-hydrogen) atoms. The molecule has 2 aromatic carbocycles. The Morgan fingerprint density at radius 2 is 1.47 bits per heavy atom. The van der Waals surface area contributed by atoms with E-state index in [1.807, 2.05) is 39.0 Å². The molecule has 3 aliphatic heterocycles. The molecule has 9 heteroatoms. The molecule has 6 rings (SSSR count). The smallest absolute Gasteiger partial charge is 0.320 e. The van der Waals surface area contributed by atoms with E-state index in [0.717, 1.165) is 49.6 Å². The van der Waals surface area contributed by atoms with Gasteiger partial charge >= 0.3 is 6.03 Å². The quantitative estimate of drug-likeness (QED) is 0.609. The molecule has 3 aromatic rings. The summed E-state index contributed by atoms with van der Waals surface area (Å²) in [5.74, 6) is 1.20. The van der Waals surface area contributed by atoms with Crippen molar-refractivity contribution in [2.45, 2.75) is 18.8 Å². The van der Waals surface area contributed by atoms with Gasteiger partial charge in [0.15, 0.2) is 0 Å². The van der Waals surface area contributed by atoms with Crippen LogP contribution in [0.5, 0.6) is 0 Å². The third-order valence-electron chi connectivity index (χ3n) is 7.71. The first kappa shape index (κ1) is 21.4.